The molecule has 0 aromatic carbocycles. The van der Waals surface area contributed by atoms with Crippen molar-refractivity contribution >= 4 is 35.2 Å². The van der Waals surface area contributed by atoms with Gasteiger partial charge in [0.2, 0.25) is 5.91 Å². The molecule has 1 aromatic rings. The van der Waals surface area contributed by atoms with Crippen LogP contribution in [0, 0.1) is 5.92 Å². The lowest BCUT2D eigenvalue weighted by Gasteiger charge is -2.43. The van der Waals surface area contributed by atoms with Crippen LogP contribution in [0.2, 0.25) is 5.02 Å². The van der Waals surface area contributed by atoms with Gasteiger partial charge in [0.25, 0.3) is 0 Å². The van der Waals surface area contributed by atoms with Crippen molar-refractivity contribution in [1.82, 2.24) is 9.88 Å². The van der Waals surface area contributed by atoms with Crippen LogP contribution < -0.4 is 4.74 Å². The molecule has 0 radical (unpaired) electrons. The lowest BCUT2D eigenvalue weighted by molar-refractivity contribution is -0.156. The number of amides is 1. The minimum absolute atomic E-state index is 0.0128. The standard InChI is InChI=1S/C14H13ClN2O5S/c1-6(18)10-12(19)17-11(14(20)21)9(23-13(10)17)5-22-8-2-7(15)3-16-4-8/h2-4,6,10,13,18H,5H2,1H3,(H,20,21)/t6-,10+,13-/m1/s1. The summed E-state index contributed by atoms with van der Waals surface area (Å²) in [5, 5.41) is 19.0. The van der Waals surface area contributed by atoms with Gasteiger partial charge in [-0.05, 0) is 6.92 Å². The number of halogens is 1. The first-order valence-corrected chi connectivity index (χ1v) is 8.03. The molecule has 23 heavy (non-hydrogen) atoms. The quantitative estimate of drug-likeness (QED) is 0.767. The molecule has 2 N–H and O–H groups in total. The molecule has 0 bridgehead atoms. The number of hydrogen-bond acceptors (Lipinski definition) is 6. The first-order chi connectivity index (χ1) is 10.9. The summed E-state index contributed by atoms with van der Waals surface area (Å²) in [6.07, 6.45) is 2.09. The van der Waals surface area contributed by atoms with Crippen molar-refractivity contribution in [2.24, 2.45) is 5.92 Å². The zero-order valence-corrected chi connectivity index (χ0v) is 13.5. The zero-order valence-electron chi connectivity index (χ0n) is 12.0. The number of nitrogens with zero attached hydrogens (tertiary/aromatic N) is 2. The van der Waals surface area contributed by atoms with Crippen LogP contribution in [0.25, 0.3) is 0 Å². The predicted octanol–water partition coefficient (Wildman–Crippen LogP) is 1.32. The highest BCUT2D eigenvalue weighted by Crippen LogP contribution is 2.50. The third-order valence-corrected chi connectivity index (χ3v) is 5.17. The Hall–Kier alpha value is -1.77. The number of hydrogen-bond donors (Lipinski definition) is 2. The Balaban J connectivity index is 1.78. The van der Waals surface area contributed by atoms with E-state index in [1.165, 1.54) is 36.0 Å². The third-order valence-electron chi connectivity index (χ3n) is 3.62. The minimum Gasteiger partial charge on any atom is -0.487 e. The van der Waals surface area contributed by atoms with Crippen LogP contribution in [0.5, 0.6) is 5.75 Å². The molecule has 3 heterocycles. The molecule has 1 aromatic heterocycles. The van der Waals surface area contributed by atoms with Crippen LogP contribution in [0.4, 0.5) is 0 Å². The number of thioether (sulfide) groups is 1. The van der Waals surface area contributed by atoms with Crippen molar-refractivity contribution in [1.29, 1.82) is 0 Å². The summed E-state index contributed by atoms with van der Waals surface area (Å²) in [5.74, 6) is -1.77. The first-order valence-electron chi connectivity index (χ1n) is 6.77. The molecule has 122 valence electrons. The maximum Gasteiger partial charge on any atom is 0.353 e. The van der Waals surface area contributed by atoms with Crippen LogP contribution in [0.1, 0.15) is 6.92 Å². The summed E-state index contributed by atoms with van der Waals surface area (Å²) in [7, 11) is 0. The topological polar surface area (TPSA) is 100.0 Å². The number of carbonyl (C=O) groups excluding carboxylic acids is 1. The number of pyridine rings is 1. The van der Waals surface area contributed by atoms with E-state index in [1.807, 2.05) is 0 Å². The van der Waals surface area contributed by atoms with Gasteiger partial charge in [0.15, 0.2) is 0 Å². The Kier molecular flexibility index (Phi) is 4.22. The molecule has 0 aliphatic carbocycles. The van der Waals surface area contributed by atoms with Crippen LogP contribution in [0.15, 0.2) is 29.1 Å². The fourth-order valence-electron chi connectivity index (χ4n) is 2.58. The van der Waals surface area contributed by atoms with E-state index in [1.54, 1.807) is 6.07 Å². The van der Waals surface area contributed by atoms with E-state index in [0.717, 1.165) is 0 Å². The van der Waals surface area contributed by atoms with Gasteiger partial charge >= 0.3 is 5.97 Å². The lowest BCUT2D eigenvalue weighted by Crippen LogP contribution is -2.60. The smallest absolute Gasteiger partial charge is 0.353 e. The number of carboxylic acids is 1. The molecule has 7 nitrogen and oxygen atoms in total. The molecule has 3 rings (SSSR count). The van der Waals surface area contributed by atoms with Gasteiger partial charge in [0.05, 0.1) is 28.1 Å². The van der Waals surface area contributed by atoms with E-state index < -0.39 is 23.4 Å². The van der Waals surface area contributed by atoms with E-state index in [2.05, 4.69) is 4.98 Å². The molecule has 1 fully saturated rings. The number of rotatable bonds is 5. The molecule has 0 spiro atoms. The number of β-lactam (4-membered cyclic amide) rings is 1. The van der Waals surface area contributed by atoms with Crippen LogP contribution in [-0.2, 0) is 9.59 Å². The highest BCUT2D eigenvalue weighted by atomic mass is 35.5. The number of aliphatic hydroxyl groups excluding tert-OH is 1. The summed E-state index contributed by atoms with van der Waals surface area (Å²) in [4.78, 5) is 29.0. The summed E-state index contributed by atoms with van der Waals surface area (Å²) in [6, 6.07) is 1.56. The molecule has 1 saturated heterocycles. The van der Waals surface area contributed by atoms with Crippen LogP contribution in [0.3, 0.4) is 0 Å². The average molecular weight is 357 g/mol. The van der Waals surface area contributed by atoms with Crippen molar-refractivity contribution in [3.63, 3.8) is 0 Å². The van der Waals surface area contributed by atoms with Gasteiger partial charge < -0.3 is 14.9 Å². The van der Waals surface area contributed by atoms with Crippen molar-refractivity contribution < 1.29 is 24.5 Å². The average Bonchev–Trinajstić information content (AvgIpc) is 2.79. The molecule has 2 aliphatic heterocycles. The molecule has 3 atom stereocenters. The number of fused-ring (bicyclic) bond motifs is 1. The lowest BCUT2D eigenvalue weighted by atomic mass is 9.92. The molecular formula is C14H13ClN2O5S. The second-order valence-corrected chi connectivity index (χ2v) is 6.84. The first kappa shape index (κ1) is 16.1. The highest BCUT2D eigenvalue weighted by molar-refractivity contribution is 8.04. The summed E-state index contributed by atoms with van der Waals surface area (Å²) >= 11 is 7.04. The number of carbonyl (C=O) groups is 2. The molecule has 2 aliphatic rings. The van der Waals surface area contributed by atoms with Crippen molar-refractivity contribution in [3.05, 3.63) is 34.1 Å². The number of ether oxygens (including phenoxy) is 1. The Morgan fingerprint density at radius 2 is 2.30 bits per heavy atom. The second-order valence-electron chi connectivity index (χ2n) is 5.19. The van der Waals surface area contributed by atoms with Crippen molar-refractivity contribution in [3.8, 4) is 5.75 Å². The molecule has 1 amide bonds. The Morgan fingerprint density at radius 1 is 1.57 bits per heavy atom. The largest absolute Gasteiger partial charge is 0.487 e. The second kappa shape index (κ2) is 6.03. The van der Waals surface area contributed by atoms with Crippen LogP contribution in [-0.4, -0.2) is 50.1 Å². The Morgan fingerprint density at radius 3 is 2.91 bits per heavy atom. The summed E-state index contributed by atoms with van der Waals surface area (Å²) < 4.78 is 5.52. The zero-order chi connectivity index (χ0) is 16.7. The van der Waals surface area contributed by atoms with Gasteiger partial charge in [-0.1, -0.05) is 23.4 Å². The van der Waals surface area contributed by atoms with Crippen LogP contribution >= 0.6 is 23.4 Å². The van der Waals surface area contributed by atoms with Gasteiger partial charge in [-0.25, -0.2) is 4.79 Å². The molecular weight excluding hydrogens is 344 g/mol. The van der Waals surface area contributed by atoms with Gasteiger partial charge in [-0.15, -0.1) is 0 Å². The molecule has 0 unspecified atom stereocenters. The van der Waals surface area contributed by atoms with Crippen molar-refractivity contribution in [2.75, 3.05) is 6.61 Å². The van der Waals surface area contributed by atoms with Gasteiger partial charge in [0, 0.05) is 12.3 Å². The minimum atomic E-state index is -1.19. The number of aromatic nitrogens is 1. The molecule has 0 saturated carbocycles. The number of carboxylic acid groups (broad SMARTS) is 1. The molecule has 9 heteroatoms. The number of aliphatic carboxylic acids is 1. The summed E-state index contributed by atoms with van der Waals surface area (Å²) in [5.41, 5.74) is -0.0862. The fraction of sp³-hybridized carbons (Fsp3) is 0.357. The van der Waals surface area contributed by atoms with E-state index in [-0.39, 0.29) is 18.2 Å². The normalized spacial score (nSPS) is 24.3. The van der Waals surface area contributed by atoms with E-state index in [9.17, 15) is 19.8 Å². The highest BCUT2D eigenvalue weighted by Gasteiger charge is 2.57. The van der Waals surface area contributed by atoms with Gasteiger partial charge in [-0.3, -0.25) is 14.7 Å². The summed E-state index contributed by atoms with van der Waals surface area (Å²) in [6.45, 7) is 1.51. The Labute approximate surface area is 140 Å². The SMILES string of the molecule is C[C@@H](O)[C@H]1C(=O)N2C(C(=O)O)=C(COc3cncc(Cl)c3)S[C@H]12. The third kappa shape index (κ3) is 2.77. The van der Waals surface area contributed by atoms with E-state index in [0.29, 0.717) is 15.7 Å². The van der Waals surface area contributed by atoms with Gasteiger partial charge in [-0.2, -0.15) is 0 Å². The monoisotopic (exact) mass is 356 g/mol. The van der Waals surface area contributed by atoms with E-state index >= 15 is 0 Å². The van der Waals surface area contributed by atoms with E-state index in [4.69, 9.17) is 16.3 Å². The maximum absolute atomic E-state index is 12.1. The van der Waals surface area contributed by atoms with Gasteiger partial charge in [0.1, 0.15) is 23.4 Å². The fourth-order valence-corrected chi connectivity index (χ4v) is 4.26. The van der Waals surface area contributed by atoms with Crippen molar-refractivity contribution in [2.45, 2.75) is 18.4 Å². The number of aliphatic hydroxyl groups is 1. The Bertz CT molecular complexity index is 708. The predicted molar refractivity (Wildman–Crippen MR) is 82.8 cm³/mol. The maximum atomic E-state index is 12.1.